The normalized spacial score (nSPS) is 16.8. The minimum atomic E-state index is 0.0327. The van der Waals surface area contributed by atoms with Crippen molar-refractivity contribution in [1.29, 1.82) is 0 Å². The Kier molecular flexibility index (Phi) is 8.15. The molecule has 0 fully saturated rings. The van der Waals surface area contributed by atoms with Crippen molar-refractivity contribution < 1.29 is 0 Å². The third-order valence-corrected chi connectivity index (χ3v) is 4.87. The predicted molar refractivity (Wildman–Crippen MR) is 121 cm³/mol. The SMILES string of the molecule is C=C/C=C(C)/C(CCC)=C(\N)CC1=C(C(=C)C)NC(C(C)(C)C)=CC=C1C. The second kappa shape index (κ2) is 9.64. The average Bonchev–Trinajstić information content (AvgIpc) is 2.72. The van der Waals surface area contributed by atoms with Gasteiger partial charge < -0.3 is 11.1 Å². The molecule has 0 amide bonds. The van der Waals surface area contributed by atoms with Crippen molar-refractivity contribution in [1.82, 2.24) is 5.32 Å². The van der Waals surface area contributed by atoms with Crippen LogP contribution in [0.25, 0.3) is 0 Å². The van der Waals surface area contributed by atoms with E-state index in [2.05, 4.69) is 79.1 Å². The maximum atomic E-state index is 6.63. The van der Waals surface area contributed by atoms with Gasteiger partial charge in [0.2, 0.25) is 0 Å². The lowest BCUT2D eigenvalue weighted by Gasteiger charge is -2.26. The molecule has 0 aromatic rings. The fourth-order valence-corrected chi connectivity index (χ4v) is 3.22. The molecular weight excluding hydrogens is 328 g/mol. The Morgan fingerprint density at radius 2 is 1.85 bits per heavy atom. The van der Waals surface area contributed by atoms with E-state index in [1.165, 1.54) is 28.0 Å². The van der Waals surface area contributed by atoms with Crippen LogP contribution in [0.3, 0.4) is 0 Å². The molecule has 148 valence electrons. The highest BCUT2D eigenvalue weighted by Crippen LogP contribution is 2.33. The van der Waals surface area contributed by atoms with Gasteiger partial charge in [0.05, 0.1) is 0 Å². The number of rotatable bonds is 7. The molecule has 0 spiro atoms. The minimum Gasteiger partial charge on any atom is -0.402 e. The summed E-state index contributed by atoms with van der Waals surface area (Å²) >= 11 is 0. The molecule has 0 saturated carbocycles. The molecule has 0 aromatic carbocycles. The summed E-state index contributed by atoms with van der Waals surface area (Å²) in [6, 6.07) is 0. The Balaban J connectivity index is 3.47. The maximum Gasteiger partial charge on any atom is 0.0444 e. The highest BCUT2D eigenvalue weighted by atomic mass is 14.9. The molecule has 2 heteroatoms. The molecule has 1 aliphatic rings. The zero-order valence-corrected chi connectivity index (χ0v) is 18.4. The van der Waals surface area contributed by atoms with Gasteiger partial charge in [-0.3, -0.25) is 0 Å². The summed E-state index contributed by atoms with van der Waals surface area (Å²) in [6.07, 6.45) is 11.0. The first-order valence-corrected chi connectivity index (χ1v) is 9.85. The maximum absolute atomic E-state index is 6.63. The molecule has 3 N–H and O–H groups in total. The van der Waals surface area contributed by atoms with E-state index in [0.717, 1.165) is 29.8 Å². The van der Waals surface area contributed by atoms with Crippen LogP contribution in [-0.2, 0) is 0 Å². The van der Waals surface area contributed by atoms with Gasteiger partial charge in [-0.1, -0.05) is 65.5 Å². The van der Waals surface area contributed by atoms with Gasteiger partial charge in [-0.05, 0) is 61.1 Å². The molecule has 2 nitrogen and oxygen atoms in total. The Hall–Kier alpha value is -2.22. The second-order valence-electron chi connectivity index (χ2n) is 8.45. The molecule has 0 aliphatic carbocycles. The molecule has 0 aromatic heterocycles. The predicted octanol–water partition coefficient (Wildman–Crippen LogP) is 6.83. The first-order chi connectivity index (χ1) is 12.5. The fraction of sp³-hybridized carbons (Fsp3) is 0.440. The lowest BCUT2D eigenvalue weighted by atomic mass is 9.91. The van der Waals surface area contributed by atoms with E-state index in [-0.39, 0.29) is 5.41 Å². The van der Waals surface area contributed by atoms with Crippen molar-refractivity contribution in [3.8, 4) is 0 Å². The van der Waals surface area contributed by atoms with Crippen LogP contribution in [0, 0.1) is 5.41 Å². The van der Waals surface area contributed by atoms with Crippen molar-refractivity contribution in [2.75, 3.05) is 0 Å². The number of nitrogens with one attached hydrogen (secondary N) is 1. The summed E-state index contributed by atoms with van der Waals surface area (Å²) in [4.78, 5) is 0. The standard InChI is InChI=1S/C25H38N2/c1-10-12-18(5)20(13-11-2)22(26)16-21-19(6)14-15-23(25(7,8)9)27-24(21)17(3)4/h10,12,14-15,27H,1,3,11,13,16,26H2,2,4-9H3/b18-12+,22-20-. The molecule has 27 heavy (non-hydrogen) atoms. The van der Waals surface area contributed by atoms with E-state index in [1.807, 2.05) is 12.2 Å². The van der Waals surface area contributed by atoms with Gasteiger partial charge in [0.15, 0.2) is 0 Å². The van der Waals surface area contributed by atoms with E-state index in [1.54, 1.807) is 0 Å². The molecule has 1 rings (SSSR count). The Labute approximate surface area is 167 Å². The monoisotopic (exact) mass is 366 g/mol. The van der Waals surface area contributed by atoms with Crippen LogP contribution < -0.4 is 11.1 Å². The summed E-state index contributed by atoms with van der Waals surface area (Å²) in [6.45, 7) is 23.2. The number of hydrogen-bond acceptors (Lipinski definition) is 2. The zero-order chi connectivity index (χ0) is 20.8. The third kappa shape index (κ3) is 6.16. The Morgan fingerprint density at radius 1 is 1.22 bits per heavy atom. The largest absolute Gasteiger partial charge is 0.402 e. The van der Waals surface area contributed by atoms with Crippen molar-refractivity contribution >= 4 is 0 Å². The van der Waals surface area contributed by atoms with E-state index >= 15 is 0 Å². The van der Waals surface area contributed by atoms with Gasteiger partial charge in [0.1, 0.15) is 0 Å². The molecule has 0 atom stereocenters. The minimum absolute atomic E-state index is 0.0327. The van der Waals surface area contributed by atoms with E-state index in [9.17, 15) is 0 Å². The van der Waals surface area contributed by atoms with Crippen LogP contribution in [0.2, 0.25) is 0 Å². The highest BCUT2D eigenvalue weighted by molar-refractivity contribution is 5.50. The molecule has 0 unspecified atom stereocenters. The van der Waals surface area contributed by atoms with Gasteiger partial charge >= 0.3 is 0 Å². The van der Waals surface area contributed by atoms with Gasteiger partial charge in [-0.2, -0.15) is 0 Å². The van der Waals surface area contributed by atoms with Crippen molar-refractivity contribution in [2.24, 2.45) is 11.1 Å². The second-order valence-corrected chi connectivity index (χ2v) is 8.45. The van der Waals surface area contributed by atoms with Gasteiger partial charge in [-0.15, -0.1) is 0 Å². The zero-order valence-electron chi connectivity index (χ0n) is 18.4. The first kappa shape index (κ1) is 22.8. The van der Waals surface area contributed by atoms with Crippen LogP contribution in [-0.4, -0.2) is 0 Å². The van der Waals surface area contributed by atoms with Crippen LogP contribution in [0.5, 0.6) is 0 Å². The Bertz CT molecular complexity index is 744. The highest BCUT2D eigenvalue weighted by Gasteiger charge is 2.22. The smallest absolute Gasteiger partial charge is 0.0444 e. The first-order valence-electron chi connectivity index (χ1n) is 9.85. The fourth-order valence-electron chi connectivity index (χ4n) is 3.22. The molecule has 1 heterocycles. The summed E-state index contributed by atoms with van der Waals surface area (Å²) in [5.41, 5.74) is 15.8. The lowest BCUT2D eigenvalue weighted by molar-refractivity contribution is 0.475. The van der Waals surface area contributed by atoms with Crippen molar-refractivity contribution in [3.05, 3.63) is 82.4 Å². The summed E-state index contributed by atoms with van der Waals surface area (Å²) in [5, 5.41) is 3.65. The molecule has 0 bridgehead atoms. The van der Waals surface area contributed by atoms with Crippen LogP contribution in [0.15, 0.2) is 82.4 Å². The number of allylic oxidation sites excluding steroid dienone is 10. The number of hydrogen-bond donors (Lipinski definition) is 2. The lowest BCUT2D eigenvalue weighted by Crippen LogP contribution is -2.25. The number of nitrogens with two attached hydrogens (primary N) is 1. The van der Waals surface area contributed by atoms with E-state index in [0.29, 0.717) is 6.42 Å². The van der Waals surface area contributed by atoms with E-state index in [4.69, 9.17) is 5.73 Å². The van der Waals surface area contributed by atoms with Gasteiger partial charge in [-0.25, -0.2) is 0 Å². The average molecular weight is 367 g/mol. The summed E-state index contributed by atoms with van der Waals surface area (Å²) < 4.78 is 0. The van der Waals surface area contributed by atoms with Crippen molar-refractivity contribution in [2.45, 2.75) is 67.7 Å². The summed E-state index contributed by atoms with van der Waals surface area (Å²) in [7, 11) is 0. The molecule has 0 saturated heterocycles. The summed E-state index contributed by atoms with van der Waals surface area (Å²) in [5.74, 6) is 0. The van der Waals surface area contributed by atoms with Crippen LogP contribution >= 0.6 is 0 Å². The molecule has 1 aliphatic heterocycles. The van der Waals surface area contributed by atoms with E-state index < -0.39 is 0 Å². The Morgan fingerprint density at radius 3 is 2.33 bits per heavy atom. The third-order valence-electron chi connectivity index (χ3n) is 4.87. The quantitative estimate of drug-likeness (QED) is 0.484. The van der Waals surface area contributed by atoms with Crippen LogP contribution in [0.4, 0.5) is 0 Å². The molecular formula is C25H38N2. The van der Waals surface area contributed by atoms with Crippen LogP contribution in [0.1, 0.15) is 67.7 Å². The molecule has 0 radical (unpaired) electrons. The topological polar surface area (TPSA) is 38.0 Å². The van der Waals surface area contributed by atoms with Gasteiger partial charge in [0, 0.05) is 28.9 Å². The van der Waals surface area contributed by atoms with Gasteiger partial charge in [0.25, 0.3) is 0 Å². The van der Waals surface area contributed by atoms with Crippen molar-refractivity contribution in [3.63, 3.8) is 0 Å².